The summed E-state index contributed by atoms with van der Waals surface area (Å²) in [5.74, 6) is 2.63. The first-order valence-corrected chi connectivity index (χ1v) is 8.05. The highest BCUT2D eigenvalue weighted by atomic mass is 15.5. The van der Waals surface area contributed by atoms with E-state index in [1.165, 1.54) is 0 Å². The summed E-state index contributed by atoms with van der Waals surface area (Å²) in [6.45, 7) is 15.0. The van der Waals surface area contributed by atoms with Gasteiger partial charge in [0.15, 0.2) is 0 Å². The van der Waals surface area contributed by atoms with E-state index in [0.717, 1.165) is 23.8 Å². The Labute approximate surface area is 132 Å². The maximum Gasteiger partial charge on any atom is 0.136 e. The van der Waals surface area contributed by atoms with Crippen LogP contribution >= 0.6 is 0 Å². The fraction of sp³-hybridized carbons (Fsp3) is 0.750. The van der Waals surface area contributed by atoms with Crippen LogP contribution in [-0.4, -0.2) is 30.2 Å². The Morgan fingerprint density at radius 3 is 2.27 bits per heavy atom. The number of nitrogens with one attached hydrogen (secondary N) is 1. The molecule has 2 aromatic rings. The highest BCUT2D eigenvalue weighted by Gasteiger charge is 2.29. The molecule has 0 spiro atoms. The molecule has 6 heteroatoms. The molecule has 2 heterocycles. The Hall–Kier alpha value is -1.72. The molecule has 0 amide bonds. The Morgan fingerprint density at radius 2 is 1.77 bits per heavy atom. The summed E-state index contributed by atoms with van der Waals surface area (Å²) in [6, 6.07) is 0.204. The molecule has 0 saturated carbocycles. The third-order valence-electron chi connectivity index (χ3n) is 4.01. The zero-order chi connectivity index (χ0) is 16.5. The van der Waals surface area contributed by atoms with E-state index in [1.807, 2.05) is 11.0 Å². The average molecular weight is 304 g/mol. The Balaban J connectivity index is 2.12. The number of hydrogen-bond donors (Lipinski definition) is 1. The summed E-state index contributed by atoms with van der Waals surface area (Å²) >= 11 is 0. The normalized spacial score (nSPS) is 14.0. The van der Waals surface area contributed by atoms with Crippen LogP contribution in [0.1, 0.15) is 90.1 Å². The van der Waals surface area contributed by atoms with Crippen LogP contribution in [0, 0.1) is 0 Å². The van der Waals surface area contributed by atoms with Crippen molar-refractivity contribution in [3.63, 3.8) is 0 Å². The SMILES string of the molecule is CC(C)c1cnn(C(C)CC(C)(C)c2nnc(C(C)C)[nH]2)n1. The van der Waals surface area contributed by atoms with Crippen LogP contribution in [-0.2, 0) is 5.41 Å². The molecule has 2 aromatic heterocycles. The minimum atomic E-state index is -0.106. The fourth-order valence-electron chi connectivity index (χ4n) is 2.52. The van der Waals surface area contributed by atoms with E-state index in [4.69, 9.17) is 0 Å². The van der Waals surface area contributed by atoms with Gasteiger partial charge in [0, 0.05) is 11.3 Å². The number of aromatic nitrogens is 6. The van der Waals surface area contributed by atoms with Gasteiger partial charge in [0.1, 0.15) is 11.6 Å². The lowest BCUT2D eigenvalue weighted by Crippen LogP contribution is -2.25. The molecule has 0 aliphatic carbocycles. The summed E-state index contributed by atoms with van der Waals surface area (Å²) in [7, 11) is 0. The molecule has 6 nitrogen and oxygen atoms in total. The molecule has 0 aliphatic heterocycles. The lowest BCUT2D eigenvalue weighted by molar-refractivity contribution is 0.317. The van der Waals surface area contributed by atoms with Crippen LogP contribution < -0.4 is 0 Å². The fourth-order valence-corrected chi connectivity index (χ4v) is 2.52. The molecule has 0 radical (unpaired) electrons. The summed E-state index contributed by atoms with van der Waals surface area (Å²) in [5.41, 5.74) is 0.928. The van der Waals surface area contributed by atoms with Crippen molar-refractivity contribution >= 4 is 0 Å². The maximum atomic E-state index is 4.58. The molecular formula is C16H28N6. The van der Waals surface area contributed by atoms with E-state index in [0.29, 0.717) is 11.8 Å². The van der Waals surface area contributed by atoms with Crippen molar-refractivity contribution in [1.82, 2.24) is 30.2 Å². The van der Waals surface area contributed by atoms with Crippen molar-refractivity contribution in [2.24, 2.45) is 0 Å². The van der Waals surface area contributed by atoms with Crippen LogP contribution in [0.2, 0.25) is 0 Å². The van der Waals surface area contributed by atoms with Crippen LogP contribution in [0.15, 0.2) is 6.20 Å². The Kier molecular flexibility index (Phi) is 4.68. The molecule has 2 rings (SSSR count). The van der Waals surface area contributed by atoms with Gasteiger partial charge in [0.05, 0.1) is 17.9 Å². The number of rotatable bonds is 6. The van der Waals surface area contributed by atoms with Crippen LogP contribution in [0.25, 0.3) is 0 Å². The lowest BCUT2D eigenvalue weighted by atomic mass is 9.85. The average Bonchev–Trinajstić information content (AvgIpc) is 3.08. The van der Waals surface area contributed by atoms with E-state index < -0.39 is 0 Å². The van der Waals surface area contributed by atoms with Crippen molar-refractivity contribution in [2.45, 2.75) is 78.2 Å². The van der Waals surface area contributed by atoms with Crippen LogP contribution in [0.5, 0.6) is 0 Å². The van der Waals surface area contributed by atoms with Crippen molar-refractivity contribution in [3.05, 3.63) is 23.5 Å². The summed E-state index contributed by atoms with van der Waals surface area (Å²) in [6.07, 6.45) is 2.76. The van der Waals surface area contributed by atoms with Gasteiger partial charge in [-0.2, -0.15) is 15.0 Å². The smallest absolute Gasteiger partial charge is 0.136 e. The highest BCUT2D eigenvalue weighted by molar-refractivity contribution is 5.07. The van der Waals surface area contributed by atoms with Gasteiger partial charge in [-0.25, -0.2) is 0 Å². The highest BCUT2D eigenvalue weighted by Crippen LogP contribution is 2.30. The largest absolute Gasteiger partial charge is 0.328 e. The molecule has 0 fully saturated rings. The van der Waals surface area contributed by atoms with Crippen molar-refractivity contribution in [3.8, 4) is 0 Å². The van der Waals surface area contributed by atoms with Gasteiger partial charge in [-0.3, -0.25) is 0 Å². The van der Waals surface area contributed by atoms with E-state index in [1.54, 1.807) is 0 Å². The molecule has 1 atom stereocenters. The summed E-state index contributed by atoms with van der Waals surface area (Å²) in [4.78, 5) is 5.18. The van der Waals surface area contributed by atoms with Gasteiger partial charge in [0.25, 0.3) is 0 Å². The Bertz CT molecular complexity index is 608. The number of H-pyrrole nitrogens is 1. The minimum absolute atomic E-state index is 0.106. The monoisotopic (exact) mass is 304 g/mol. The van der Waals surface area contributed by atoms with Crippen molar-refractivity contribution in [1.29, 1.82) is 0 Å². The number of nitrogens with zero attached hydrogens (tertiary/aromatic N) is 5. The quantitative estimate of drug-likeness (QED) is 0.885. The van der Waals surface area contributed by atoms with Gasteiger partial charge in [-0.05, 0) is 19.3 Å². The van der Waals surface area contributed by atoms with Gasteiger partial charge in [-0.15, -0.1) is 10.2 Å². The molecule has 1 N–H and O–H groups in total. The first kappa shape index (κ1) is 16.6. The maximum absolute atomic E-state index is 4.58. The van der Waals surface area contributed by atoms with E-state index in [-0.39, 0.29) is 11.5 Å². The second-order valence-corrected chi connectivity index (χ2v) is 7.40. The van der Waals surface area contributed by atoms with Crippen LogP contribution in [0.3, 0.4) is 0 Å². The van der Waals surface area contributed by atoms with Crippen LogP contribution in [0.4, 0.5) is 0 Å². The zero-order valence-corrected chi connectivity index (χ0v) is 14.8. The van der Waals surface area contributed by atoms with E-state index in [2.05, 4.69) is 73.8 Å². The van der Waals surface area contributed by atoms with Crippen molar-refractivity contribution in [2.75, 3.05) is 0 Å². The molecular weight excluding hydrogens is 276 g/mol. The van der Waals surface area contributed by atoms with Gasteiger partial charge in [-0.1, -0.05) is 41.5 Å². The van der Waals surface area contributed by atoms with Gasteiger partial charge in [0.2, 0.25) is 0 Å². The topological polar surface area (TPSA) is 72.3 Å². The number of hydrogen-bond acceptors (Lipinski definition) is 4. The molecule has 0 aliphatic rings. The molecule has 0 aromatic carbocycles. The van der Waals surface area contributed by atoms with E-state index >= 15 is 0 Å². The molecule has 22 heavy (non-hydrogen) atoms. The standard InChI is InChI=1S/C16H28N6/c1-10(2)13-9-17-22(21-13)12(5)8-16(6,7)15-18-14(11(3)4)19-20-15/h9-12H,8H2,1-7H3,(H,18,19,20). The molecule has 0 saturated heterocycles. The van der Waals surface area contributed by atoms with Crippen molar-refractivity contribution < 1.29 is 0 Å². The zero-order valence-electron chi connectivity index (χ0n) is 14.8. The molecule has 0 bridgehead atoms. The predicted octanol–water partition coefficient (Wildman–Crippen LogP) is 3.57. The molecule has 122 valence electrons. The minimum Gasteiger partial charge on any atom is -0.328 e. The first-order valence-electron chi connectivity index (χ1n) is 8.05. The lowest BCUT2D eigenvalue weighted by Gasteiger charge is -2.25. The Morgan fingerprint density at radius 1 is 1.09 bits per heavy atom. The van der Waals surface area contributed by atoms with Gasteiger partial charge >= 0.3 is 0 Å². The third-order valence-corrected chi connectivity index (χ3v) is 4.01. The summed E-state index contributed by atoms with van der Waals surface area (Å²) < 4.78 is 0. The van der Waals surface area contributed by atoms with Gasteiger partial charge < -0.3 is 4.98 Å². The first-order chi connectivity index (χ1) is 10.2. The number of aromatic amines is 1. The second kappa shape index (κ2) is 6.18. The second-order valence-electron chi connectivity index (χ2n) is 7.40. The molecule has 1 unspecified atom stereocenters. The summed E-state index contributed by atoms with van der Waals surface area (Å²) in [5, 5.41) is 17.6. The predicted molar refractivity (Wildman–Crippen MR) is 86.9 cm³/mol. The van der Waals surface area contributed by atoms with E-state index in [9.17, 15) is 0 Å². The third kappa shape index (κ3) is 3.54.